The smallest absolute Gasteiger partial charge is 0.381 e. The standard InChI is InChI=1S/C25H25F3N4O3/c1-16-3-5-17(6-4-16)9-12-29-11-2-14-32-22(23(33)35-24(34)25(26,27)28)20-8-7-18-15-30-13-10-19(18)21(20)31-32/h3-6,10,13,15,29H,2,7-9,11-12,14H2,1H3. The van der Waals surface area contributed by atoms with Gasteiger partial charge in [-0.15, -0.1) is 0 Å². The third kappa shape index (κ3) is 5.76. The van der Waals surface area contributed by atoms with E-state index in [0.717, 1.165) is 24.1 Å². The number of carbonyl (C=O) groups excluding carboxylic acids is 2. The Bertz CT molecular complexity index is 1220. The van der Waals surface area contributed by atoms with E-state index >= 15 is 0 Å². The molecule has 1 aliphatic carbocycles. The lowest BCUT2D eigenvalue weighted by atomic mass is 9.90. The van der Waals surface area contributed by atoms with Crippen LogP contribution in [0, 0.1) is 6.92 Å². The van der Waals surface area contributed by atoms with Crippen LogP contribution in [0.5, 0.6) is 0 Å². The van der Waals surface area contributed by atoms with Crippen LogP contribution in [0.1, 0.15) is 39.2 Å². The number of hydrogen-bond acceptors (Lipinski definition) is 6. The molecule has 2 aromatic heterocycles. The Kier molecular flexibility index (Phi) is 7.30. The molecule has 1 aromatic carbocycles. The minimum atomic E-state index is -5.26. The van der Waals surface area contributed by atoms with Crippen LogP contribution in [-0.4, -0.2) is 46.0 Å². The zero-order valence-electron chi connectivity index (χ0n) is 19.2. The molecule has 0 aliphatic heterocycles. The number of halogens is 3. The average Bonchev–Trinajstić information content (AvgIpc) is 3.20. The van der Waals surface area contributed by atoms with Gasteiger partial charge in [-0.1, -0.05) is 29.8 Å². The average molecular weight is 486 g/mol. The Balaban J connectivity index is 1.45. The fraction of sp³-hybridized carbons (Fsp3) is 0.360. The van der Waals surface area contributed by atoms with E-state index in [0.29, 0.717) is 37.1 Å². The lowest BCUT2D eigenvalue weighted by molar-refractivity contribution is -0.193. The van der Waals surface area contributed by atoms with Gasteiger partial charge in [-0.25, -0.2) is 9.59 Å². The molecule has 0 radical (unpaired) electrons. The van der Waals surface area contributed by atoms with Gasteiger partial charge in [0, 0.05) is 30.1 Å². The summed E-state index contributed by atoms with van der Waals surface area (Å²) in [4.78, 5) is 28.1. The van der Waals surface area contributed by atoms with Crippen molar-refractivity contribution < 1.29 is 27.5 Å². The highest BCUT2D eigenvalue weighted by molar-refractivity contribution is 5.99. The monoisotopic (exact) mass is 486 g/mol. The first-order chi connectivity index (χ1) is 16.7. The summed E-state index contributed by atoms with van der Waals surface area (Å²) in [5.41, 5.74) is 5.01. The van der Waals surface area contributed by atoms with Crippen LogP contribution in [0.2, 0.25) is 0 Å². The van der Waals surface area contributed by atoms with Crippen molar-refractivity contribution in [3.63, 3.8) is 0 Å². The van der Waals surface area contributed by atoms with Crippen LogP contribution in [0.4, 0.5) is 13.2 Å². The second-order valence-electron chi connectivity index (χ2n) is 8.45. The maximum absolute atomic E-state index is 12.7. The maximum atomic E-state index is 12.7. The Labute approximate surface area is 200 Å². The third-order valence-corrected chi connectivity index (χ3v) is 5.90. The molecule has 0 amide bonds. The number of pyridine rings is 1. The van der Waals surface area contributed by atoms with Crippen molar-refractivity contribution in [1.29, 1.82) is 0 Å². The van der Waals surface area contributed by atoms with E-state index in [-0.39, 0.29) is 12.2 Å². The number of alkyl halides is 3. The van der Waals surface area contributed by atoms with Crippen molar-refractivity contribution in [2.75, 3.05) is 13.1 Å². The minimum absolute atomic E-state index is 0.111. The Morgan fingerprint density at radius 3 is 2.63 bits per heavy atom. The highest BCUT2D eigenvalue weighted by atomic mass is 19.4. The molecule has 184 valence electrons. The van der Waals surface area contributed by atoms with Gasteiger partial charge in [0.15, 0.2) is 5.69 Å². The number of aromatic nitrogens is 3. The van der Waals surface area contributed by atoms with Crippen LogP contribution < -0.4 is 5.32 Å². The van der Waals surface area contributed by atoms with Crippen LogP contribution >= 0.6 is 0 Å². The molecule has 4 rings (SSSR count). The van der Waals surface area contributed by atoms with Gasteiger partial charge in [0.25, 0.3) is 0 Å². The van der Waals surface area contributed by atoms with E-state index in [2.05, 4.69) is 44.4 Å². The molecule has 0 saturated carbocycles. The topological polar surface area (TPSA) is 86.1 Å². The number of carbonyl (C=O) groups is 2. The van der Waals surface area contributed by atoms with E-state index in [1.165, 1.54) is 15.8 Å². The fourth-order valence-corrected chi connectivity index (χ4v) is 4.12. The fourth-order valence-electron chi connectivity index (χ4n) is 4.12. The largest absolute Gasteiger partial charge is 0.491 e. The quantitative estimate of drug-likeness (QED) is 0.296. The molecule has 0 atom stereocenters. The molecule has 0 spiro atoms. The van der Waals surface area contributed by atoms with Gasteiger partial charge in [0.05, 0.1) is 5.69 Å². The summed E-state index contributed by atoms with van der Waals surface area (Å²) in [7, 11) is 0. The highest BCUT2D eigenvalue weighted by Crippen LogP contribution is 2.34. The molecular weight excluding hydrogens is 461 g/mol. The zero-order chi connectivity index (χ0) is 25.0. The number of nitrogens with zero attached hydrogens (tertiary/aromatic N) is 3. The number of fused-ring (bicyclic) bond motifs is 3. The zero-order valence-corrected chi connectivity index (χ0v) is 19.2. The number of ether oxygens (including phenoxy) is 1. The number of benzene rings is 1. The Morgan fingerprint density at radius 2 is 1.89 bits per heavy atom. The van der Waals surface area contributed by atoms with E-state index < -0.39 is 18.1 Å². The van der Waals surface area contributed by atoms with Gasteiger partial charge in [0.2, 0.25) is 0 Å². The third-order valence-electron chi connectivity index (χ3n) is 5.90. The molecule has 0 fully saturated rings. The Morgan fingerprint density at radius 1 is 1.11 bits per heavy atom. The molecule has 7 nitrogen and oxygen atoms in total. The van der Waals surface area contributed by atoms with Crippen molar-refractivity contribution in [3.05, 3.63) is 70.7 Å². The molecule has 3 aromatic rings. The van der Waals surface area contributed by atoms with Crippen LogP contribution in [0.15, 0.2) is 42.7 Å². The van der Waals surface area contributed by atoms with E-state index in [1.54, 1.807) is 18.5 Å². The van der Waals surface area contributed by atoms with Crippen molar-refractivity contribution in [2.45, 2.75) is 45.3 Å². The summed E-state index contributed by atoms with van der Waals surface area (Å²) in [5, 5.41) is 7.85. The van der Waals surface area contributed by atoms with Crippen molar-refractivity contribution in [3.8, 4) is 11.3 Å². The minimum Gasteiger partial charge on any atom is -0.381 e. The van der Waals surface area contributed by atoms with Crippen molar-refractivity contribution >= 4 is 11.9 Å². The van der Waals surface area contributed by atoms with Crippen LogP contribution in [0.25, 0.3) is 11.3 Å². The Hall–Kier alpha value is -3.53. The van der Waals surface area contributed by atoms with Gasteiger partial charge in [-0.05, 0) is 62.9 Å². The number of nitrogens with one attached hydrogen (secondary N) is 1. The number of esters is 2. The van der Waals surface area contributed by atoms with Crippen LogP contribution in [0.3, 0.4) is 0 Å². The number of hydrogen-bond donors (Lipinski definition) is 1. The lowest BCUT2D eigenvalue weighted by Gasteiger charge is -2.15. The van der Waals surface area contributed by atoms with E-state index in [9.17, 15) is 22.8 Å². The first kappa shape index (κ1) is 24.6. The summed E-state index contributed by atoms with van der Waals surface area (Å²) >= 11 is 0. The van der Waals surface area contributed by atoms with E-state index in [1.807, 2.05) is 6.92 Å². The van der Waals surface area contributed by atoms with Gasteiger partial charge in [-0.3, -0.25) is 9.67 Å². The highest BCUT2D eigenvalue weighted by Gasteiger charge is 2.43. The van der Waals surface area contributed by atoms with Crippen molar-refractivity contribution in [2.24, 2.45) is 0 Å². The number of rotatable bonds is 8. The second-order valence-corrected chi connectivity index (χ2v) is 8.45. The molecule has 1 N–H and O–H groups in total. The summed E-state index contributed by atoms with van der Waals surface area (Å²) in [6.45, 7) is 3.68. The van der Waals surface area contributed by atoms with Gasteiger partial charge >= 0.3 is 18.1 Å². The molecular formula is C25H25F3N4O3. The first-order valence-corrected chi connectivity index (χ1v) is 11.4. The van der Waals surface area contributed by atoms with Gasteiger partial charge < -0.3 is 10.1 Å². The number of aryl methyl sites for hydroxylation is 3. The predicted octanol–water partition coefficient (Wildman–Crippen LogP) is 3.82. The van der Waals surface area contributed by atoms with Gasteiger partial charge in [0.1, 0.15) is 0 Å². The lowest BCUT2D eigenvalue weighted by Crippen LogP contribution is -2.29. The molecule has 0 saturated heterocycles. The molecule has 0 bridgehead atoms. The normalized spacial score (nSPS) is 12.7. The summed E-state index contributed by atoms with van der Waals surface area (Å²) in [6, 6.07) is 10.0. The predicted molar refractivity (Wildman–Crippen MR) is 122 cm³/mol. The molecule has 10 heteroatoms. The van der Waals surface area contributed by atoms with Crippen molar-refractivity contribution in [1.82, 2.24) is 20.1 Å². The van der Waals surface area contributed by atoms with Gasteiger partial charge in [-0.2, -0.15) is 18.3 Å². The maximum Gasteiger partial charge on any atom is 0.491 e. The molecule has 0 unspecified atom stereocenters. The molecule has 35 heavy (non-hydrogen) atoms. The molecule has 2 heterocycles. The summed E-state index contributed by atoms with van der Waals surface area (Å²) < 4.78 is 43.6. The molecule has 1 aliphatic rings. The van der Waals surface area contributed by atoms with E-state index in [4.69, 9.17) is 0 Å². The SMILES string of the molecule is Cc1ccc(CCNCCCn2nc3c(c2C(=O)OC(=O)C(F)(F)F)CCc2cnccc2-3)cc1. The second kappa shape index (κ2) is 10.4. The summed E-state index contributed by atoms with van der Waals surface area (Å²) in [5.74, 6) is -3.88. The van der Waals surface area contributed by atoms with Crippen LogP contribution in [-0.2, 0) is 35.3 Å². The first-order valence-electron chi connectivity index (χ1n) is 11.4. The summed E-state index contributed by atoms with van der Waals surface area (Å²) in [6.07, 6.45) is 0.406.